The highest BCUT2D eigenvalue weighted by Gasteiger charge is 2.27. The molecule has 1 N–H and O–H groups in total. The lowest BCUT2D eigenvalue weighted by Gasteiger charge is -2.30. The number of ether oxygens (including phenoxy) is 1. The molecule has 0 aliphatic carbocycles. The van der Waals surface area contributed by atoms with Crippen LogP contribution in [0.25, 0.3) is 0 Å². The normalized spacial score (nSPS) is 21.3. The first-order valence-electron chi connectivity index (χ1n) is 8.00. The number of amides is 1. The van der Waals surface area contributed by atoms with Crippen molar-refractivity contribution in [2.24, 2.45) is 7.05 Å². The zero-order valence-corrected chi connectivity index (χ0v) is 14.3. The van der Waals surface area contributed by atoms with E-state index < -0.39 is 0 Å². The maximum Gasteiger partial charge on any atom is 0.263 e. The van der Waals surface area contributed by atoms with Crippen molar-refractivity contribution >= 4 is 17.2 Å². The van der Waals surface area contributed by atoms with Gasteiger partial charge in [-0.3, -0.25) is 4.79 Å². The summed E-state index contributed by atoms with van der Waals surface area (Å²) in [6, 6.07) is 0.118. The van der Waals surface area contributed by atoms with Crippen molar-refractivity contribution in [1.82, 2.24) is 19.9 Å². The third-order valence-electron chi connectivity index (χ3n) is 4.04. The molecule has 1 saturated heterocycles. The van der Waals surface area contributed by atoms with Gasteiger partial charge in [-0.15, -0.1) is 11.3 Å². The topological polar surface area (TPSA) is 69.0 Å². The van der Waals surface area contributed by atoms with E-state index in [1.165, 1.54) is 11.3 Å². The highest BCUT2D eigenvalue weighted by molar-refractivity contribution is 7.13. The monoisotopic (exact) mass is 334 g/mol. The summed E-state index contributed by atoms with van der Waals surface area (Å²) in [5, 5.41) is 4.15. The van der Waals surface area contributed by atoms with Crippen LogP contribution in [0, 0.1) is 0 Å². The van der Waals surface area contributed by atoms with Crippen molar-refractivity contribution in [3.05, 3.63) is 34.3 Å². The van der Waals surface area contributed by atoms with Gasteiger partial charge in [0.2, 0.25) is 0 Å². The summed E-state index contributed by atoms with van der Waals surface area (Å²) in [5.74, 6) is -0.0273. The van der Waals surface area contributed by atoms with E-state index in [-0.39, 0.29) is 18.1 Å². The Balaban J connectivity index is 1.60. The van der Waals surface area contributed by atoms with E-state index in [4.69, 9.17) is 4.74 Å². The fourth-order valence-electron chi connectivity index (χ4n) is 2.81. The van der Waals surface area contributed by atoms with Gasteiger partial charge in [-0.1, -0.05) is 6.92 Å². The van der Waals surface area contributed by atoms with E-state index >= 15 is 0 Å². The lowest BCUT2D eigenvalue weighted by atomic mass is 10.0. The molecule has 23 heavy (non-hydrogen) atoms. The zero-order valence-electron chi connectivity index (χ0n) is 13.5. The van der Waals surface area contributed by atoms with Gasteiger partial charge in [0.25, 0.3) is 5.91 Å². The molecule has 2 aromatic heterocycles. The average Bonchev–Trinajstić information content (AvgIpc) is 3.17. The fraction of sp³-hybridized carbons (Fsp3) is 0.562. The second kappa shape index (κ2) is 7.23. The smallest absolute Gasteiger partial charge is 0.263 e. The number of hydrogen-bond acceptors (Lipinski definition) is 5. The number of nitrogens with one attached hydrogen (secondary N) is 1. The molecule has 1 aliphatic heterocycles. The number of thiazole rings is 1. The molecule has 2 aromatic rings. The van der Waals surface area contributed by atoms with Crippen LogP contribution in [0.2, 0.25) is 0 Å². The second-order valence-electron chi connectivity index (χ2n) is 5.85. The number of carbonyl (C=O) groups excluding carboxylic acids is 1. The summed E-state index contributed by atoms with van der Waals surface area (Å²) in [5.41, 5.74) is 1.05. The van der Waals surface area contributed by atoms with Gasteiger partial charge >= 0.3 is 0 Å². The first-order chi connectivity index (χ1) is 11.2. The number of imidazole rings is 1. The molecular formula is C16H22N4O2S. The van der Waals surface area contributed by atoms with Gasteiger partial charge in [0.1, 0.15) is 11.0 Å². The fourth-order valence-corrected chi connectivity index (χ4v) is 3.74. The molecule has 6 nitrogen and oxygen atoms in total. The Morgan fingerprint density at radius 2 is 2.39 bits per heavy atom. The third-order valence-corrected chi connectivity index (χ3v) is 5.10. The Kier molecular flexibility index (Phi) is 5.07. The van der Waals surface area contributed by atoms with Crippen LogP contribution in [0.3, 0.4) is 0 Å². The van der Waals surface area contributed by atoms with Crippen molar-refractivity contribution in [2.45, 2.75) is 44.8 Å². The molecule has 3 rings (SSSR count). The molecule has 0 saturated carbocycles. The number of aromatic nitrogens is 3. The van der Waals surface area contributed by atoms with E-state index in [1.807, 2.05) is 17.8 Å². The van der Waals surface area contributed by atoms with E-state index in [9.17, 15) is 4.79 Å². The summed E-state index contributed by atoms with van der Waals surface area (Å²) in [7, 11) is 1.96. The van der Waals surface area contributed by atoms with Crippen LogP contribution in [-0.2, 0) is 18.2 Å². The SMILES string of the molecule is CCCc1ncc(C(=O)NC2CCOC(c3cncn3C)C2)s1. The molecule has 0 bridgehead atoms. The first-order valence-corrected chi connectivity index (χ1v) is 8.82. The summed E-state index contributed by atoms with van der Waals surface area (Å²) < 4.78 is 7.80. The van der Waals surface area contributed by atoms with E-state index in [0.29, 0.717) is 11.5 Å². The predicted octanol–water partition coefficient (Wildman–Crippen LogP) is 2.48. The van der Waals surface area contributed by atoms with Crippen LogP contribution < -0.4 is 5.32 Å². The first kappa shape index (κ1) is 16.1. The van der Waals surface area contributed by atoms with Crippen LogP contribution in [0.5, 0.6) is 0 Å². The number of nitrogens with zero attached hydrogens (tertiary/aromatic N) is 3. The highest BCUT2D eigenvalue weighted by atomic mass is 32.1. The maximum atomic E-state index is 12.4. The maximum absolute atomic E-state index is 12.4. The van der Waals surface area contributed by atoms with Gasteiger partial charge in [0.15, 0.2) is 0 Å². The Hall–Kier alpha value is -1.73. The minimum atomic E-state index is -0.0273. The van der Waals surface area contributed by atoms with Crippen molar-refractivity contribution in [2.75, 3.05) is 6.61 Å². The number of carbonyl (C=O) groups is 1. The van der Waals surface area contributed by atoms with E-state index in [0.717, 1.165) is 36.4 Å². The highest BCUT2D eigenvalue weighted by Crippen LogP contribution is 2.28. The summed E-state index contributed by atoms with van der Waals surface area (Å²) in [4.78, 5) is 21.5. The average molecular weight is 334 g/mol. The van der Waals surface area contributed by atoms with Crippen LogP contribution in [-0.4, -0.2) is 33.1 Å². The van der Waals surface area contributed by atoms with E-state index in [2.05, 4.69) is 22.2 Å². The standard InChI is InChI=1S/C16H22N4O2S/c1-3-4-15-18-9-14(23-15)16(21)19-11-5-6-22-13(7-11)12-8-17-10-20(12)2/h8-11,13H,3-7H2,1-2H3,(H,19,21). The number of aryl methyl sites for hydroxylation is 2. The molecule has 3 heterocycles. The molecule has 0 spiro atoms. The number of rotatable bonds is 5. The molecule has 0 aromatic carbocycles. The van der Waals surface area contributed by atoms with Gasteiger partial charge < -0.3 is 14.6 Å². The molecule has 1 amide bonds. The number of hydrogen-bond donors (Lipinski definition) is 1. The minimum Gasteiger partial charge on any atom is -0.372 e. The molecule has 7 heteroatoms. The molecule has 0 radical (unpaired) electrons. The van der Waals surface area contributed by atoms with Crippen molar-refractivity contribution in [1.29, 1.82) is 0 Å². The van der Waals surface area contributed by atoms with Gasteiger partial charge in [0, 0.05) is 19.7 Å². The lowest BCUT2D eigenvalue weighted by Crippen LogP contribution is -2.39. The van der Waals surface area contributed by atoms with Gasteiger partial charge in [-0.2, -0.15) is 0 Å². The second-order valence-corrected chi connectivity index (χ2v) is 6.97. The van der Waals surface area contributed by atoms with E-state index in [1.54, 1.807) is 12.5 Å². The largest absolute Gasteiger partial charge is 0.372 e. The Morgan fingerprint density at radius 1 is 1.52 bits per heavy atom. The zero-order chi connectivity index (χ0) is 16.2. The summed E-state index contributed by atoms with van der Waals surface area (Å²) >= 11 is 1.49. The van der Waals surface area contributed by atoms with Crippen LogP contribution in [0.4, 0.5) is 0 Å². The van der Waals surface area contributed by atoms with Gasteiger partial charge in [-0.25, -0.2) is 9.97 Å². The molecule has 2 unspecified atom stereocenters. The van der Waals surface area contributed by atoms with Crippen molar-refractivity contribution in [3.8, 4) is 0 Å². The molecule has 2 atom stereocenters. The van der Waals surface area contributed by atoms with Crippen molar-refractivity contribution in [3.63, 3.8) is 0 Å². The molecular weight excluding hydrogens is 312 g/mol. The van der Waals surface area contributed by atoms with Crippen LogP contribution >= 0.6 is 11.3 Å². The van der Waals surface area contributed by atoms with Crippen LogP contribution in [0.1, 0.15) is 52.7 Å². The van der Waals surface area contributed by atoms with Gasteiger partial charge in [-0.05, 0) is 25.7 Å². The third kappa shape index (κ3) is 3.79. The van der Waals surface area contributed by atoms with Crippen molar-refractivity contribution < 1.29 is 9.53 Å². The lowest BCUT2D eigenvalue weighted by molar-refractivity contribution is -0.00298. The van der Waals surface area contributed by atoms with Gasteiger partial charge in [0.05, 0.1) is 29.4 Å². The molecule has 1 aliphatic rings. The Labute approximate surface area is 139 Å². The molecule has 1 fully saturated rings. The Morgan fingerprint density at radius 3 is 3.13 bits per heavy atom. The predicted molar refractivity (Wildman–Crippen MR) is 88.5 cm³/mol. The van der Waals surface area contributed by atoms with Crippen LogP contribution in [0.15, 0.2) is 18.7 Å². The summed E-state index contributed by atoms with van der Waals surface area (Å²) in [6.45, 7) is 2.76. The summed E-state index contributed by atoms with van der Waals surface area (Å²) in [6.07, 6.45) is 8.84. The minimum absolute atomic E-state index is 0.0151. The Bertz CT molecular complexity index is 667. The quantitative estimate of drug-likeness (QED) is 0.912. The molecule has 124 valence electrons.